The molecule has 0 bridgehead atoms. The van der Waals surface area contributed by atoms with Crippen molar-refractivity contribution in [3.05, 3.63) is 64.7 Å². The summed E-state index contributed by atoms with van der Waals surface area (Å²) in [7, 11) is 0. The highest BCUT2D eigenvalue weighted by Crippen LogP contribution is 2.28. The Morgan fingerprint density at radius 2 is 1.74 bits per heavy atom. The van der Waals surface area contributed by atoms with Crippen LogP contribution in [-0.2, 0) is 0 Å². The molecule has 182 valence electrons. The Bertz CT molecular complexity index is 1030. The Kier molecular flexibility index (Phi) is 8.74. The van der Waals surface area contributed by atoms with Gasteiger partial charge in [0.1, 0.15) is 0 Å². The first-order chi connectivity index (χ1) is 16.3. The first-order valence-corrected chi connectivity index (χ1v) is 12.3. The molecule has 0 spiro atoms. The van der Waals surface area contributed by atoms with Crippen LogP contribution in [0.4, 0.5) is 16.2 Å². The van der Waals surface area contributed by atoms with Crippen LogP contribution in [0.1, 0.15) is 74.4 Å². The van der Waals surface area contributed by atoms with Gasteiger partial charge in [-0.25, -0.2) is 4.79 Å². The highest BCUT2D eigenvalue weighted by atomic mass is 16.2. The lowest BCUT2D eigenvalue weighted by Gasteiger charge is -2.32. The molecule has 3 rings (SSSR count). The van der Waals surface area contributed by atoms with Gasteiger partial charge in [-0.15, -0.1) is 0 Å². The molecule has 0 radical (unpaired) electrons. The van der Waals surface area contributed by atoms with E-state index in [1.807, 2.05) is 18.2 Å². The van der Waals surface area contributed by atoms with Gasteiger partial charge in [0.2, 0.25) is 0 Å². The van der Waals surface area contributed by atoms with E-state index in [4.69, 9.17) is 5.73 Å². The molecule has 2 aromatic rings. The third kappa shape index (κ3) is 6.40. The number of carbonyl (C=O) groups excluding carboxylic acids is 2. The molecule has 0 unspecified atom stereocenters. The average Bonchev–Trinajstić information content (AvgIpc) is 2.82. The number of urea groups is 1. The number of hydrogen-bond donors (Lipinski definition) is 3. The van der Waals surface area contributed by atoms with E-state index in [9.17, 15) is 9.59 Å². The van der Waals surface area contributed by atoms with Gasteiger partial charge in [-0.2, -0.15) is 0 Å². The van der Waals surface area contributed by atoms with Gasteiger partial charge in [-0.1, -0.05) is 31.9 Å². The van der Waals surface area contributed by atoms with Crippen molar-refractivity contribution in [2.75, 3.05) is 24.1 Å². The molecular weight excluding hydrogens is 424 g/mol. The summed E-state index contributed by atoms with van der Waals surface area (Å²) in [4.78, 5) is 27.4. The molecule has 0 aliphatic carbocycles. The number of piperidine rings is 1. The molecule has 1 saturated heterocycles. The van der Waals surface area contributed by atoms with Crippen molar-refractivity contribution in [3.8, 4) is 0 Å². The van der Waals surface area contributed by atoms with E-state index < -0.39 is 0 Å². The number of carbonyl (C=O) groups is 2. The van der Waals surface area contributed by atoms with Gasteiger partial charge in [0.15, 0.2) is 0 Å². The molecule has 1 aliphatic heterocycles. The van der Waals surface area contributed by atoms with E-state index in [1.165, 1.54) is 22.3 Å². The number of nitrogens with two attached hydrogens (primary N) is 1. The number of nitrogen functional groups attached to an aromatic ring is 1. The highest BCUT2D eigenvalue weighted by Gasteiger charge is 2.24. The van der Waals surface area contributed by atoms with Gasteiger partial charge in [0, 0.05) is 36.1 Å². The van der Waals surface area contributed by atoms with Gasteiger partial charge >= 0.3 is 6.03 Å². The summed E-state index contributed by atoms with van der Waals surface area (Å²) in [6, 6.07) is 13.0. The number of hydrogen-bond acceptors (Lipinski definition) is 3. The summed E-state index contributed by atoms with van der Waals surface area (Å²) in [5, 5.41) is 6.09. The van der Waals surface area contributed by atoms with Gasteiger partial charge in [-0.05, 0) is 92.6 Å². The van der Waals surface area contributed by atoms with Crippen molar-refractivity contribution in [2.45, 2.75) is 65.8 Å². The van der Waals surface area contributed by atoms with E-state index in [0.717, 1.165) is 37.8 Å². The fraction of sp³-hybridized carbons (Fsp3) is 0.429. The number of amides is 3. The number of nitrogens with zero attached hydrogens (tertiary/aromatic N) is 1. The molecule has 1 heterocycles. The van der Waals surface area contributed by atoms with Crippen LogP contribution in [0.2, 0.25) is 0 Å². The zero-order valence-electron chi connectivity index (χ0n) is 20.9. The summed E-state index contributed by atoms with van der Waals surface area (Å²) in [6.45, 7) is 9.88. The smallest absolute Gasteiger partial charge is 0.321 e. The number of benzene rings is 2. The van der Waals surface area contributed by atoms with Crippen LogP contribution in [0.15, 0.2) is 48.0 Å². The Morgan fingerprint density at radius 3 is 2.35 bits per heavy atom. The van der Waals surface area contributed by atoms with Crippen molar-refractivity contribution < 1.29 is 9.59 Å². The Labute approximate surface area is 203 Å². The molecule has 0 saturated carbocycles. The van der Waals surface area contributed by atoms with Crippen LogP contribution in [-0.4, -0.2) is 36.0 Å². The minimum Gasteiger partial charge on any atom is -0.399 e. The summed E-state index contributed by atoms with van der Waals surface area (Å²) in [5.41, 5.74) is 12.9. The Morgan fingerprint density at radius 1 is 1.06 bits per heavy atom. The SMILES string of the molecule is CCC/C(C)=C(\CC)c1cc(C(=O)NC2CCN(C(=O)Nc3ccc(N)cc3)CC2)ccc1C. The molecule has 6 nitrogen and oxygen atoms in total. The summed E-state index contributed by atoms with van der Waals surface area (Å²) < 4.78 is 0. The first-order valence-electron chi connectivity index (χ1n) is 12.3. The molecular formula is C28H38N4O2. The molecule has 34 heavy (non-hydrogen) atoms. The second-order valence-corrected chi connectivity index (χ2v) is 9.18. The Balaban J connectivity index is 1.59. The molecule has 1 aliphatic rings. The monoisotopic (exact) mass is 462 g/mol. The van der Waals surface area contributed by atoms with Crippen molar-refractivity contribution >= 4 is 28.9 Å². The Hall–Kier alpha value is -3.28. The second kappa shape index (κ2) is 11.7. The minimum absolute atomic E-state index is 0.0466. The summed E-state index contributed by atoms with van der Waals surface area (Å²) in [6.07, 6.45) is 4.61. The fourth-order valence-electron chi connectivity index (χ4n) is 4.60. The maximum atomic E-state index is 13.0. The number of anilines is 2. The van der Waals surface area contributed by atoms with E-state index in [1.54, 1.807) is 29.2 Å². The van der Waals surface area contributed by atoms with Gasteiger partial charge in [0.25, 0.3) is 5.91 Å². The van der Waals surface area contributed by atoms with E-state index >= 15 is 0 Å². The van der Waals surface area contributed by atoms with Gasteiger partial charge in [0.05, 0.1) is 0 Å². The third-order valence-corrected chi connectivity index (χ3v) is 6.60. The van der Waals surface area contributed by atoms with Crippen molar-refractivity contribution in [1.29, 1.82) is 0 Å². The van der Waals surface area contributed by atoms with Crippen molar-refractivity contribution in [2.24, 2.45) is 0 Å². The van der Waals surface area contributed by atoms with Crippen molar-refractivity contribution in [1.82, 2.24) is 10.2 Å². The third-order valence-electron chi connectivity index (χ3n) is 6.60. The maximum Gasteiger partial charge on any atom is 0.321 e. The molecule has 3 amide bonds. The highest BCUT2D eigenvalue weighted by molar-refractivity contribution is 5.95. The number of likely N-dealkylation sites (tertiary alicyclic amines) is 1. The molecule has 0 atom stereocenters. The maximum absolute atomic E-state index is 13.0. The molecule has 4 N–H and O–H groups in total. The molecule has 1 fully saturated rings. The van der Waals surface area contributed by atoms with E-state index in [0.29, 0.717) is 24.3 Å². The standard InChI is InChI=1S/C28H38N4O2/c1-5-7-19(3)25(6-2)26-18-21(9-8-20(26)4)27(33)30-24-14-16-32(17-15-24)28(34)31-23-12-10-22(29)11-13-23/h8-13,18,24H,5-7,14-17,29H2,1-4H3,(H,30,33)(H,31,34)/b25-19+. The predicted octanol–water partition coefficient (Wildman–Crippen LogP) is 5.99. The second-order valence-electron chi connectivity index (χ2n) is 9.18. The van der Waals surface area contributed by atoms with Crippen LogP contribution >= 0.6 is 0 Å². The van der Waals surface area contributed by atoms with Crippen LogP contribution < -0.4 is 16.4 Å². The first kappa shape index (κ1) is 25.3. The lowest BCUT2D eigenvalue weighted by atomic mass is 9.91. The summed E-state index contributed by atoms with van der Waals surface area (Å²) >= 11 is 0. The fourth-order valence-corrected chi connectivity index (χ4v) is 4.60. The van der Waals surface area contributed by atoms with Gasteiger partial charge < -0.3 is 21.3 Å². The van der Waals surface area contributed by atoms with Gasteiger partial charge in [-0.3, -0.25) is 4.79 Å². The largest absolute Gasteiger partial charge is 0.399 e. The minimum atomic E-state index is -0.126. The van der Waals surface area contributed by atoms with Crippen LogP contribution in [0.5, 0.6) is 0 Å². The summed E-state index contributed by atoms with van der Waals surface area (Å²) in [5.74, 6) is -0.0466. The lowest BCUT2D eigenvalue weighted by Crippen LogP contribution is -2.47. The van der Waals surface area contributed by atoms with E-state index in [-0.39, 0.29) is 18.0 Å². The quantitative estimate of drug-likeness (QED) is 0.442. The topological polar surface area (TPSA) is 87.5 Å². The normalized spacial score (nSPS) is 15.0. The lowest BCUT2D eigenvalue weighted by molar-refractivity contribution is 0.0919. The number of aryl methyl sites for hydroxylation is 1. The van der Waals surface area contributed by atoms with Crippen molar-refractivity contribution in [3.63, 3.8) is 0 Å². The zero-order chi connectivity index (χ0) is 24.7. The average molecular weight is 463 g/mol. The van der Waals surface area contributed by atoms with E-state index in [2.05, 4.69) is 38.3 Å². The van der Waals surface area contributed by atoms with Crippen LogP contribution in [0.25, 0.3) is 5.57 Å². The van der Waals surface area contributed by atoms with Crippen LogP contribution in [0.3, 0.4) is 0 Å². The number of allylic oxidation sites excluding steroid dienone is 2. The molecule has 0 aromatic heterocycles. The number of nitrogens with one attached hydrogen (secondary N) is 2. The molecule has 6 heteroatoms. The number of rotatable bonds is 7. The zero-order valence-corrected chi connectivity index (χ0v) is 20.9. The predicted molar refractivity (Wildman–Crippen MR) is 141 cm³/mol. The molecule has 2 aromatic carbocycles. The van der Waals surface area contributed by atoms with Crippen LogP contribution in [0, 0.1) is 6.92 Å².